The van der Waals surface area contributed by atoms with Gasteiger partial charge in [0, 0.05) is 12.3 Å². The van der Waals surface area contributed by atoms with E-state index in [2.05, 4.69) is 22.7 Å². The molecular formula is C13H19N3O2. The lowest BCUT2D eigenvalue weighted by Gasteiger charge is -2.09. The molecule has 2 rings (SSSR count). The van der Waals surface area contributed by atoms with Crippen LogP contribution in [0.2, 0.25) is 0 Å². The summed E-state index contributed by atoms with van der Waals surface area (Å²) in [6.07, 6.45) is 6.83. The van der Waals surface area contributed by atoms with Gasteiger partial charge in [-0.3, -0.25) is 5.32 Å². The molecule has 0 saturated heterocycles. The third-order valence-electron chi connectivity index (χ3n) is 3.30. The van der Waals surface area contributed by atoms with Crippen molar-refractivity contribution in [1.29, 1.82) is 0 Å². The van der Waals surface area contributed by atoms with Gasteiger partial charge in [-0.15, -0.1) is 0 Å². The van der Waals surface area contributed by atoms with Crippen LogP contribution in [0, 0.1) is 12.8 Å². The van der Waals surface area contributed by atoms with Crippen LogP contribution in [-0.2, 0) is 0 Å². The first-order chi connectivity index (χ1) is 8.65. The van der Waals surface area contributed by atoms with E-state index in [-0.39, 0.29) is 6.03 Å². The van der Waals surface area contributed by atoms with E-state index in [1.807, 2.05) is 0 Å². The molecule has 0 aliphatic heterocycles. The standard InChI is InChI=1S/C13H19N3O2/c1-9(11-5-3-4-6-11)8-14-13(17)15-12-7-10(2)18-16-12/h7-8,11H,3-6H2,1-2H3,(H2,14,15,16,17)/b9-8+. The Labute approximate surface area is 107 Å². The van der Waals surface area contributed by atoms with Crippen LogP contribution in [-0.4, -0.2) is 11.2 Å². The van der Waals surface area contributed by atoms with E-state index >= 15 is 0 Å². The number of aromatic nitrogens is 1. The average molecular weight is 249 g/mol. The number of nitrogens with one attached hydrogen (secondary N) is 2. The van der Waals surface area contributed by atoms with Crippen molar-refractivity contribution in [3.05, 3.63) is 23.6 Å². The van der Waals surface area contributed by atoms with Gasteiger partial charge in [-0.05, 0) is 32.6 Å². The van der Waals surface area contributed by atoms with Crippen LogP contribution in [0.15, 0.2) is 22.4 Å². The van der Waals surface area contributed by atoms with Gasteiger partial charge in [0.2, 0.25) is 0 Å². The molecule has 1 aromatic rings. The van der Waals surface area contributed by atoms with Gasteiger partial charge in [-0.25, -0.2) is 4.79 Å². The SMILES string of the molecule is C/C(=C\NC(=O)Nc1cc(C)on1)C1CCCC1. The minimum Gasteiger partial charge on any atom is -0.360 e. The van der Waals surface area contributed by atoms with Crippen LogP contribution in [0.4, 0.5) is 10.6 Å². The molecule has 5 heteroatoms. The molecule has 1 aromatic heterocycles. The molecule has 0 unspecified atom stereocenters. The predicted molar refractivity (Wildman–Crippen MR) is 69.1 cm³/mol. The molecule has 1 saturated carbocycles. The molecule has 2 N–H and O–H groups in total. The maximum Gasteiger partial charge on any atom is 0.324 e. The molecule has 0 bridgehead atoms. The van der Waals surface area contributed by atoms with E-state index in [0.29, 0.717) is 17.5 Å². The summed E-state index contributed by atoms with van der Waals surface area (Å²) in [5.41, 5.74) is 1.24. The van der Waals surface area contributed by atoms with Crippen LogP contribution >= 0.6 is 0 Å². The molecule has 18 heavy (non-hydrogen) atoms. The molecule has 1 heterocycles. The first kappa shape index (κ1) is 12.7. The van der Waals surface area contributed by atoms with Crippen molar-refractivity contribution in [1.82, 2.24) is 10.5 Å². The molecule has 0 spiro atoms. The lowest BCUT2D eigenvalue weighted by atomic mass is 10.0. The quantitative estimate of drug-likeness (QED) is 0.864. The fourth-order valence-corrected chi connectivity index (χ4v) is 2.26. The van der Waals surface area contributed by atoms with Gasteiger partial charge < -0.3 is 9.84 Å². The zero-order chi connectivity index (χ0) is 13.0. The lowest BCUT2D eigenvalue weighted by Crippen LogP contribution is -2.24. The van der Waals surface area contributed by atoms with E-state index in [9.17, 15) is 4.79 Å². The van der Waals surface area contributed by atoms with Crippen molar-refractivity contribution in [3.63, 3.8) is 0 Å². The molecule has 98 valence electrons. The maximum absolute atomic E-state index is 11.6. The Morgan fingerprint density at radius 2 is 2.22 bits per heavy atom. The lowest BCUT2D eigenvalue weighted by molar-refractivity contribution is 0.254. The minimum absolute atomic E-state index is 0.291. The fraction of sp³-hybridized carbons (Fsp3) is 0.538. The van der Waals surface area contributed by atoms with Crippen molar-refractivity contribution >= 4 is 11.8 Å². The maximum atomic E-state index is 11.6. The monoisotopic (exact) mass is 249 g/mol. The number of aryl methyl sites for hydroxylation is 1. The third-order valence-corrected chi connectivity index (χ3v) is 3.30. The van der Waals surface area contributed by atoms with Gasteiger partial charge in [-0.2, -0.15) is 0 Å². The smallest absolute Gasteiger partial charge is 0.324 e. The second-order valence-electron chi connectivity index (χ2n) is 4.79. The number of hydrogen-bond donors (Lipinski definition) is 2. The van der Waals surface area contributed by atoms with Gasteiger partial charge in [0.15, 0.2) is 5.82 Å². The number of amides is 2. The van der Waals surface area contributed by atoms with Crippen LogP contribution in [0.5, 0.6) is 0 Å². The van der Waals surface area contributed by atoms with Crippen LogP contribution in [0.1, 0.15) is 38.4 Å². The largest absolute Gasteiger partial charge is 0.360 e. The third kappa shape index (κ3) is 3.35. The highest BCUT2D eigenvalue weighted by molar-refractivity contribution is 5.88. The molecule has 0 radical (unpaired) electrons. The molecule has 1 aliphatic rings. The Hall–Kier alpha value is -1.78. The molecular weight excluding hydrogens is 230 g/mol. The summed E-state index contributed by atoms with van der Waals surface area (Å²) in [6.45, 7) is 3.84. The zero-order valence-corrected chi connectivity index (χ0v) is 10.8. The zero-order valence-electron chi connectivity index (χ0n) is 10.8. The van der Waals surface area contributed by atoms with E-state index in [4.69, 9.17) is 4.52 Å². The van der Waals surface area contributed by atoms with Gasteiger partial charge in [0.25, 0.3) is 0 Å². The number of urea groups is 1. The van der Waals surface area contributed by atoms with Gasteiger partial charge in [-0.1, -0.05) is 23.6 Å². The van der Waals surface area contributed by atoms with Gasteiger partial charge in [0.05, 0.1) is 0 Å². The van der Waals surface area contributed by atoms with Crippen molar-refractivity contribution in [2.45, 2.75) is 39.5 Å². The number of allylic oxidation sites excluding steroid dienone is 1. The van der Waals surface area contributed by atoms with Gasteiger partial charge in [0.1, 0.15) is 5.76 Å². The van der Waals surface area contributed by atoms with Crippen molar-refractivity contribution < 1.29 is 9.32 Å². The Morgan fingerprint density at radius 1 is 1.50 bits per heavy atom. The number of carbonyl (C=O) groups is 1. The molecule has 1 aliphatic carbocycles. The molecule has 0 atom stereocenters. The van der Waals surface area contributed by atoms with E-state index in [1.165, 1.54) is 31.3 Å². The summed E-state index contributed by atoms with van der Waals surface area (Å²) in [7, 11) is 0. The van der Waals surface area contributed by atoms with E-state index in [0.717, 1.165) is 0 Å². The highest BCUT2D eigenvalue weighted by Gasteiger charge is 2.16. The molecule has 5 nitrogen and oxygen atoms in total. The van der Waals surface area contributed by atoms with E-state index in [1.54, 1.807) is 19.2 Å². The number of hydrogen-bond acceptors (Lipinski definition) is 3. The Kier molecular flexibility index (Phi) is 4.02. The highest BCUT2D eigenvalue weighted by atomic mass is 16.5. The minimum atomic E-state index is -0.291. The normalized spacial score (nSPS) is 16.9. The Balaban J connectivity index is 1.82. The first-order valence-corrected chi connectivity index (χ1v) is 6.32. The molecule has 1 fully saturated rings. The number of anilines is 1. The van der Waals surface area contributed by atoms with E-state index < -0.39 is 0 Å². The van der Waals surface area contributed by atoms with Crippen molar-refractivity contribution in [2.75, 3.05) is 5.32 Å². The summed E-state index contributed by atoms with van der Waals surface area (Å²) < 4.78 is 4.86. The van der Waals surface area contributed by atoms with Gasteiger partial charge >= 0.3 is 6.03 Å². The van der Waals surface area contributed by atoms with Crippen LogP contribution < -0.4 is 10.6 Å². The molecule has 2 amide bonds. The Bertz CT molecular complexity index is 445. The fourth-order valence-electron chi connectivity index (χ4n) is 2.26. The summed E-state index contributed by atoms with van der Waals surface area (Å²) in [5.74, 6) is 1.72. The topological polar surface area (TPSA) is 67.2 Å². The molecule has 0 aromatic carbocycles. The summed E-state index contributed by atoms with van der Waals surface area (Å²) in [5, 5.41) is 9.03. The van der Waals surface area contributed by atoms with Crippen LogP contribution in [0.3, 0.4) is 0 Å². The second kappa shape index (κ2) is 5.71. The number of nitrogens with zero attached hydrogens (tertiary/aromatic N) is 1. The first-order valence-electron chi connectivity index (χ1n) is 6.32. The van der Waals surface area contributed by atoms with Crippen LogP contribution in [0.25, 0.3) is 0 Å². The predicted octanol–water partition coefficient (Wildman–Crippen LogP) is 3.20. The van der Waals surface area contributed by atoms with Crippen molar-refractivity contribution in [3.8, 4) is 0 Å². The number of rotatable bonds is 3. The summed E-state index contributed by atoms with van der Waals surface area (Å²) in [4.78, 5) is 11.6. The summed E-state index contributed by atoms with van der Waals surface area (Å²) in [6, 6.07) is 1.38. The highest BCUT2D eigenvalue weighted by Crippen LogP contribution is 2.30. The summed E-state index contributed by atoms with van der Waals surface area (Å²) >= 11 is 0. The van der Waals surface area contributed by atoms with Crippen molar-refractivity contribution in [2.24, 2.45) is 5.92 Å². The Morgan fingerprint density at radius 3 is 2.83 bits per heavy atom. The number of carbonyl (C=O) groups excluding carboxylic acids is 1. The second-order valence-corrected chi connectivity index (χ2v) is 4.79. The average Bonchev–Trinajstić information content (AvgIpc) is 2.97.